The van der Waals surface area contributed by atoms with Crippen LogP contribution in [0.2, 0.25) is 0 Å². The zero-order valence-corrected chi connectivity index (χ0v) is 12.7. The summed E-state index contributed by atoms with van der Waals surface area (Å²) in [5, 5.41) is 3.64. The topological polar surface area (TPSA) is 32.3 Å². The third-order valence-electron chi connectivity index (χ3n) is 5.31. The molecule has 2 atom stereocenters. The third-order valence-corrected chi connectivity index (χ3v) is 5.31. The van der Waals surface area contributed by atoms with Crippen molar-refractivity contribution in [3.63, 3.8) is 0 Å². The molecule has 1 heterocycles. The number of carbonyl (C=O) groups excluding carboxylic acids is 1. The Hall–Kier alpha value is -0.570. The molecule has 0 aromatic heterocycles. The molecule has 3 nitrogen and oxygen atoms in total. The Kier molecular flexibility index (Phi) is 3.16. The Morgan fingerprint density at radius 3 is 2.63 bits per heavy atom. The first-order valence-electron chi connectivity index (χ1n) is 8.08. The number of rotatable bonds is 3. The summed E-state index contributed by atoms with van der Waals surface area (Å²) in [7, 11) is 0. The first-order chi connectivity index (χ1) is 8.97. The summed E-state index contributed by atoms with van der Waals surface area (Å²) in [6.07, 6.45) is 9.62. The monoisotopic (exact) mass is 264 g/mol. The van der Waals surface area contributed by atoms with Crippen LogP contribution in [0.15, 0.2) is 0 Å². The maximum atomic E-state index is 12.7. The molecule has 2 saturated carbocycles. The lowest BCUT2D eigenvalue weighted by Crippen LogP contribution is -2.47. The van der Waals surface area contributed by atoms with E-state index >= 15 is 0 Å². The van der Waals surface area contributed by atoms with Gasteiger partial charge in [-0.2, -0.15) is 0 Å². The number of hydrogen-bond acceptors (Lipinski definition) is 2. The number of nitrogens with one attached hydrogen (secondary N) is 1. The maximum absolute atomic E-state index is 12.7. The quantitative estimate of drug-likeness (QED) is 0.849. The highest BCUT2D eigenvalue weighted by Crippen LogP contribution is 2.46. The molecule has 0 aromatic rings. The minimum Gasteiger partial charge on any atom is -0.323 e. The molecule has 3 rings (SSSR count). The van der Waals surface area contributed by atoms with Crippen LogP contribution in [0, 0.1) is 5.41 Å². The molecule has 2 aliphatic carbocycles. The van der Waals surface area contributed by atoms with E-state index in [1.807, 2.05) is 0 Å². The van der Waals surface area contributed by atoms with Crippen LogP contribution in [0.5, 0.6) is 0 Å². The smallest absolute Gasteiger partial charge is 0.244 e. The second kappa shape index (κ2) is 4.47. The predicted octanol–water partition coefficient (Wildman–Crippen LogP) is 3.05. The Morgan fingerprint density at radius 2 is 2.05 bits per heavy atom. The van der Waals surface area contributed by atoms with E-state index in [-0.39, 0.29) is 5.54 Å². The molecule has 3 fully saturated rings. The van der Waals surface area contributed by atoms with Crippen LogP contribution in [0.25, 0.3) is 0 Å². The van der Waals surface area contributed by atoms with Crippen LogP contribution < -0.4 is 5.32 Å². The highest BCUT2D eigenvalue weighted by molar-refractivity contribution is 5.92. The Bertz CT molecular complexity index is 373. The second-order valence-corrected chi connectivity index (χ2v) is 7.66. The van der Waals surface area contributed by atoms with E-state index in [1.165, 1.54) is 25.7 Å². The minimum absolute atomic E-state index is 0.137. The lowest BCUT2D eigenvalue weighted by atomic mass is 9.74. The lowest BCUT2D eigenvalue weighted by Gasteiger charge is -2.41. The number of amides is 1. The van der Waals surface area contributed by atoms with Crippen molar-refractivity contribution in [2.75, 3.05) is 0 Å². The van der Waals surface area contributed by atoms with Gasteiger partial charge in [0.25, 0.3) is 0 Å². The van der Waals surface area contributed by atoms with Crippen LogP contribution >= 0.6 is 0 Å². The molecule has 1 spiro atoms. The summed E-state index contributed by atoms with van der Waals surface area (Å²) in [4.78, 5) is 15.0. The Morgan fingerprint density at radius 1 is 1.32 bits per heavy atom. The van der Waals surface area contributed by atoms with Gasteiger partial charge in [-0.1, -0.05) is 33.6 Å². The van der Waals surface area contributed by atoms with E-state index in [2.05, 4.69) is 31.0 Å². The first kappa shape index (κ1) is 13.4. The van der Waals surface area contributed by atoms with Crippen molar-refractivity contribution in [3.8, 4) is 0 Å². The zero-order valence-electron chi connectivity index (χ0n) is 12.7. The summed E-state index contributed by atoms with van der Waals surface area (Å²) >= 11 is 0. The van der Waals surface area contributed by atoms with Gasteiger partial charge in [-0.25, -0.2) is 0 Å². The molecule has 3 heteroatoms. The van der Waals surface area contributed by atoms with Crippen molar-refractivity contribution >= 4 is 5.91 Å². The number of carbonyl (C=O) groups is 1. The lowest BCUT2D eigenvalue weighted by molar-refractivity contribution is -0.134. The Balaban J connectivity index is 1.78. The minimum atomic E-state index is -0.137. The molecule has 3 aliphatic rings. The molecule has 1 N–H and O–H groups in total. The van der Waals surface area contributed by atoms with Crippen LogP contribution in [-0.4, -0.2) is 28.6 Å². The molecular weight excluding hydrogens is 236 g/mol. The average Bonchev–Trinajstić information content (AvgIpc) is 3.03. The van der Waals surface area contributed by atoms with Crippen molar-refractivity contribution < 1.29 is 4.79 Å². The average molecular weight is 264 g/mol. The highest BCUT2D eigenvalue weighted by Gasteiger charge is 2.60. The fourth-order valence-electron chi connectivity index (χ4n) is 4.12. The molecule has 0 aromatic carbocycles. The molecule has 0 bridgehead atoms. The first-order valence-corrected chi connectivity index (χ1v) is 8.08. The molecule has 0 radical (unpaired) electrons. The van der Waals surface area contributed by atoms with E-state index in [9.17, 15) is 4.79 Å². The van der Waals surface area contributed by atoms with Crippen molar-refractivity contribution in [1.82, 2.24) is 10.2 Å². The molecular formula is C16H28N2O. The molecule has 19 heavy (non-hydrogen) atoms. The van der Waals surface area contributed by atoms with E-state index in [0.717, 1.165) is 25.7 Å². The Labute approximate surface area is 117 Å². The summed E-state index contributed by atoms with van der Waals surface area (Å²) in [5.74, 6) is 0.411. The second-order valence-electron chi connectivity index (χ2n) is 7.66. The van der Waals surface area contributed by atoms with Crippen molar-refractivity contribution in [2.24, 2.45) is 5.41 Å². The summed E-state index contributed by atoms with van der Waals surface area (Å²) in [6, 6.07) is 0.472. The van der Waals surface area contributed by atoms with Gasteiger partial charge in [0, 0.05) is 6.04 Å². The normalized spacial score (nSPS) is 35.9. The van der Waals surface area contributed by atoms with Crippen molar-refractivity contribution in [2.45, 2.75) is 89.9 Å². The van der Waals surface area contributed by atoms with Crippen LogP contribution in [0.4, 0.5) is 0 Å². The molecule has 108 valence electrons. The van der Waals surface area contributed by atoms with Crippen molar-refractivity contribution in [3.05, 3.63) is 0 Å². The molecule has 1 saturated heterocycles. The van der Waals surface area contributed by atoms with Gasteiger partial charge in [0.2, 0.25) is 5.91 Å². The van der Waals surface area contributed by atoms with E-state index in [1.54, 1.807) is 0 Å². The third kappa shape index (κ3) is 2.31. The largest absolute Gasteiger partial charge is 0.323 e. The van der Waals surface area contributed by atoms with Gasteiger partial charge in [0.05, 0.1) is 11.7 Å². The van der Waals surface area contributed by atoms with Gasteiger partial charge in [0.15, 0.2) is 0 Å². The highest BCUT2D eigenvalue weighted by atomic mass is 16.2. The van der Waals surface area contributed by atoms with Gasteiger partial charge in [0.1, 0.15) is 0 Å². The summed E-state index contributed by atoms with van der Waals surface area (Å²) in [5.41, 5.74) is 0.265. The van der Waals surface area contributed by atoms with Crippen molar-refractivity contribution in [1.29, 1.82) is 0 Å². The van der Waals surface area contributed by atoms with E-state index in [0.29, 0.717) is 23.5 Å². The van der Waals surface area contributed by atoms with Gasteiger partial charge < -0.3 is 4.90 Å². The standard InChI is InChI=1S/C16H28N2O/c1-4-6-13-17-16(9-10-16)14(19)18(13)12-7-5-8-15(2,3)11-12/h12-13,17H,4-11H2,1-3H3. The predicted molar refractivity (Wildman–Crippen MR) is 76.7 cm³/mol. The molecule has 1 amide bonds. The van der Waals surface area contributed by atoms with Gasteiger partial charge in [-0.15, -0.1) is 0 Å². The van der Waals surface area contributed by atoms with Crippen LogP contribution in [0.1, 0.15) is 72.1 Å². The van der Waals surface area contributed by atoms with Crippen LogP contribution in [0.3, 0.4) is 0 Å². The molecule has 1 aliphatic heterocycles. The fourth-order valence-corrected chi connectivity index (χ4v) is 4.12. The number of hydrogen-bond donors (Lipinski definition) is 1. The zero-order chi connectivity index (χ0) is 13.7. The maximum Gasteiger partial charge on any atom is 0.244 e. The summed E-state index contributed by atoms with van der Waals surface area (Å²) in [6.45, 7) is 6.93. The van der Waals surface area contributed by atoms with E-state index in [4.69, 9.17) is 0 Å². The number of nitrogens with zero attached hydrogens (tertiary/aromatic N) is 1. The fraction of sp³-hybridized carbons (Fsp3) is 0.938. The van der Waals surface area contributed by atoms with Gasteiger partial charge in [-0.3, -0.25) is 10.1 Å². The van der Waals surface area contributed by atoms with Gasteiger partial charge in [-0.05, 0) is 43.9 Å². The SMILES string of the molecule is CCCC1NC2(CC2)C(=O)N1C1CCCC(C)(C)C1. The molecule has 2 unspecified atom stereocenters. The van der Waals surface area contributed by atoms with Crippen LogP contribution in [-0.2, 0) is 4.79 Å². The van der Waals surface area contributed by atoms with Gasteiger partial charge >= 0.3 is 0 Å². The summed E-state index contributed by atoms with van der Waals surface area (Å²) < 4.78 is 0. The van der Waals surface area contributed by atoms with E-state index < -0.39 is 0 Å².